The summed E-state index contributed by atoms with van der Waals surface area (Å²) in [5.41, 5.74) is 0.970. The van der Waals surface area contributed by atoms with E-state index in [9.17, 15) is 9.59 Å². The molecule has 0 radical (unpaired) electrons. The van der Waals surface area contributed by atoms with Crippen LogP contribution in [0.3, 0.4) is 0 Å². The van der Waals surface area contributed by atoms with Gasteiger partial charge in [-0.15, -0.1) is 11.3 Å². The zero-order valence-electron chi connectivity index (χ0n) is 14.4. The summed E-state index contributed by atoms with van der Waals surface area (Å²) >= 11 is 1.43. The number of carbonyl (C=O) groups excluding carboxylic acids is 2. The molecular weight excluding hydrogens is 334 g/mol. The number of rotatable bonds is 5. The molecule has 1 aliphatic heterocycles. The van der Waals surface area contributed by atoms with E-state index in [0.717, 1.165) is 25.0 Å². The predicted octanol–water partition coefficient (Wildman–Crippen LogP) is 2.84. The topological polar surface area (TPSA) is 53.5 Å². The second-order valence-corrected chi connectivity index (χ2v) is 7.27. The number of amides is 2. The van der Waals surface area contributed by atoms with E-state index in [-0.39, 0.29) is 17.9 Å². The van der Waals surface area contributed by atoms with E-state index >= 15 is 0 Å². The number of likely N-dealkylation sites (N-methyl/N-ethyl adjacent to an activating group) is 1. The first-order chi connectivity index (χ1) is 12.2. The largest absolute Gasteiger partial charge is 0.344 e. The van der Waals surface area contributed by atoms with Crippen LogP contribution in [0.5, 0.6) is 0 Å². The fourth-order valence-corrected chi connectivity index (χ4v) is 3.84. The van der Waals surface area contributed by atoms with Gasteiger partial charge in [-0.2, -0.15) is 0 Å². The Morgan fingerprint density at radius 2 is 2.16 bits per heavy atom. The van der Waals surface area contributed by atoms with Gasteiger partial charge in [-0.3, -0.25) is 14.6 Å². The quantitative estimate of drug-likeness (QED) is 0.827. The van der Waals surface area contributed by atoms with E-state index in [1.807, 2.05) is 42.8 Å². The summed E-state index contributed by atoms with van der Waals surface area (Å²) in [6.45, 7) is 1.26. The Balaban J connectivity index is 1.64. The van der Waals surface area contributed by atoms with Gasteiger partial charge in [0, 0.05) is 38.4 Å². The van der Waals surface area contributed by atoms with E-state index in [1.165, 1.54) is 11.3 Å². The summed E-state index contributed by atoms with van der Waals surface area (Å²) in [6, 6.07) is 9.15. The lowest BCUT2D eigenvalue weighted by Crippen LogP contribution is -2.52. The molecule has 2 aromatic heterocycles. The maximum absolute atomic E-state index is 12.9. The van der Waals surface area contributed by atoms with E-state index in [2.05, 4.69) is 4.98 Å². The third-order valence-corrected chi connectivity index (χ3v) is 5.44. The molecule has 1 unspecified atom stereocenters. The van der Waals surface area contributed by atoms with Crippen molar-refractivity contribution in [2.45, 2.75) is 31.7 Å². The summed E-state index contributed by atoms with van der Waals surface area (Å²) in [6.07, 6.45) is 5.16. The molecule has 1 aliphatic rings. The van der Waals surface area contributed by atoms with Gasteiger partial charge in [-0.1, -0.05) is 12.1 Å². The van der Waals surface area contributed by atoms with Crippen LogP contribution >= 0.6 is 11.3 Å². The van der Waals surface area contributed by atoms with Gasteiger partial charge in [-0.25, -0.2) is 0 Å². The highest BCUT2D eigenvalue weighted by Crippen LogP contribution is 2.23. The Hall–Kier alpha value is -2.21. The first-order valence-electron chi connectivity index (χ1n) is 8.66. The highest BCUT2D eigenvalue weighted by atomic mass is 32.1. The predicted molar refractivity (Wildman–Crippen MR) is 98.6 cm³/mol. The Morgan fingerprint density at radius 3 is 2.88 bits per heavy atom. The molecule has 0 N–H and O–H groups in total. The molecule has 2 aromatic rings. The standard InChI is InChI=1S/C19H23N3O2S/c1-21(13-10-15-7-2-4-11-20-15)18(23)16-8-3-5-12-22(16)19(24)17-9-6-14-25-17/h2,4,6-7,9,11,14,16H,3,5,8,10,12-13H2,1H3. The van der Waals surface area contributed by atoms with Crippen LogP contribution in [0, 0.1) is 0 Å². The highest BCUT2D eigenvalue weighted by molar-refractivity contribution is 7.12. The third kappa shape index (κ3) is 4.25. The van der Waals surface area contributed by atoms with Crippen molar-refractivity contribution < 1.29 is 9.59 Å². The molecule has 1 saturated heterocycles. The summed E-state index contributed by atoms with van der Waals surface area (Å²) < 4.78 is 0. The van der Waals surface area contributed by atoms with Crippen molar-refractivity contribution in [1.29, 1.82) is 0 Å². The highest BCUT2D eigenvalue weighted by Gasteiger charge is 2.34. The van der Waals surface area contributed by atoms with Gasteiger partial charge in [0.2, 0.25) is 5.91 Å². The van der Waals surface area contributed by atoms with Crippen LogP contribution in [0.4, 0.5) is 0 Å². The van der Waals surface area contributed by atoms with Crippen molar-refractivity contribution in [1.82, 2.24) is 14.8 Å². The Bertz CT molecular complexity index is 703. The number of nitrogens with zero attached hydrogens (tertiary/aromatic N) is 3. The maximum Gasteiger partial charge on any atom is 0.264 e. The molecule has 25 heavy (non-hydrogen) atoms. The first kappa shape index (κ1) is 17.6. The van der Waals surface area contributed by atoms with Crippen LogP contribution in [0.2, 0.25) is 0 Å². The molecule has 0 aromatic carbocycles. The van der Waals surface area contributed by atoms with Crippen LogP contribution in [0.25, 0.3) is 0 Å². The van der Waals surface area contributed by atoms with E-state index in [1.54, 1.807) is 16.0 Å². The van der Waals surface area contributed by atoms with Crippen LogP contribution in [0.1, 0.15) is 34.6 Å². The third-order valence-electron chi connectivity index (χ3n) is 4.59. The van der Waals surface area contributed by atoms with Gasteiger partial charge in [0.05, 0.1) is 4.88 Å². The minimum Gasteiger partial charge on any atom is -0.344 e. The SMILES string of the molecule is CN(CCc1ccccn1)C(=O)C1CCCCN1C(=O)c1cccs1. The van der Waals surface area contributed by atoms with Gasteiger partial charge in [0.15, 0.2) is 0 Å². The smallest absolute Gasteiger partial charge is 0.264 e. The number of carbonyl (C=O) groups is 2. The second-order valence-electron chi connectivity index (χ2n) is 6.32. The summed E-state index contributed by atoms with van der Waals surface area (Å²) in [7, 11) is 1.81. The molecular formula is C19H23N3O2S. The van der Waals surface area contributed by atoms with Crippen molar-refractivity contribution in [3.8, 4) is 0 Å². The fourth-order valence-electron chi connectivity index (χ4n) is 3.17. The van der Waals surface area contributed by atoms with E-state index in [0.29, 0.717) is 24.4 Å². The average molecular weight is 357 g/mol. The van der Waals surface area contributed by atoms with Gasteiger partial charge < -0.3 is 9.80 Å². The molecule has 0 saturated carbocycles. The molecule has 2 amide bonds. The molecule has 3 heterocycles. The number of pyridine rings is 1. The zero-order chi connectivity index (χ0) is 17.6. The number of piperidine rings is 1. The number of thiophene rings is 1. The van der Waals surface area contributed by atoms with Crippen LogP contribution in [0.15, 0.2) is 41.9 Å². The fraction of sp³-hybridized carbons (Fsp3) is 0.421. The molecule has 0 bridgehead atoms. The minimum absolute atomic E-state index is 0.0221. The number of likely N-dealkylation sites (tertiary alicyclic amines) is 1. The van der Waals surface area contributed by atoms with Crippen LogP contribution in [-0.2, 0) is 11.2 Å². The molecule has 1 atom stereocenters. The summed E-state index contributed by atoms with van der Waals surface area (Å²) in [5, 5.41) is 1.90. The molecule has 5 nitrogen and oxygen atoms in total. The van der Waals surface area contributed by atoms with Gasteiger partial charge >= 0.3 is 0 Å². The second kappa shape index (κ2) is 8.25. The van der Waals surface area contributed by atoms with Crippen LogP contribution < -0.4 is 0 Å². The van der Waals surface area contributed by atoms with Crippen molar-refractivity contribution in [3.63, 3.8) is 0 Å². The van der Waals surface area contributed by atoms with Crippen LogP contribution in [-0.4, -0.2) is 52.8 Å². The lowest BCUT2D eigenvalue weighted by Gasteiger charge is -2.36. The lowest BCUT2D eigenvalue weighted by molar-refractivity contribution is -0.135. The summed E-state index contributed by atoms with van der Waals surface area (Å²) in [4.78, 5) is 34.1. The van der Waals surface area contributed by atoms with Crippen molar-refractivity contribution in [3.05, 3.63) is 52.5 Å². The molecule has 132 valence electrons. The van der Waals surface area contributed by atoms with E-state index in [4.69, 9.17) is 0 Å². The zero-order valence-corrected chi connectivity index (χ0v) is 15.2. The molecule has 6 heteroatoms. The minimum atomic E-state index is -0.350. The Kier molecular flexibility index (Phi) is 5.81. The number of hydrogen-bond donors (Lipinski definition) is 0. The van der Waals surface area contributed by atoms with Gasteiger partial charge in [-0.05, 0) is 42.8 Å². The molecule has 3 rings (SSSR count). The van der Waals surface area contributed by atoms with E-state index < -0.39 is 0 Å². The monoisotopic (exact) mass is 357 g/mol. The average Bonchev–Trinajstić information content (AvgIpc) is 3.20. The molecule has 1 fully saturated rings. The lowest BCUT2D eigenvalue weighted by atomic mass is 10.0. The number of aromatic nitrogens is 1. The number of hydrogen-bond acceptors (Lipinski definition) is 4. The Morgan fingerprint density at radius 1 is 1.28 bits per heavy atom. The molecule has 0 aliphatic carbocycles. The maximum atomic E-state index is 12.9. The Labute approximate surface area is 152 Å². The van der Waals surface area contributed by atoms with Crippen molar-refractivity contribution >= 4 is 23.2 Å². The van der Waals surface area contributed by atoms with Crippen molar-refractivity contribution in [2.24, 2.45) is 0 Å². The van der Waals surface area contributed by atoms with Gasteiger partial charge in [0.1, 0.15) is 6.04 Å². The normalized spacial score (nSPS) is 17.3. The summed E-state index contributed by atoms with van der Waals surface area (Å²) in [5.74, 6) is 0.00622. The first-order valence-corrected chi connectivity index (χ1v) is 9.54. The molecule has 0 spiro atoms. The van der Waals surface area contributed by atoms with Gasteiger partial charge in [0.25, 0.3) is 5.91 Å². The van der Waals surface area contributed by atoms with Crippen molar-refractivity contribution in [2.75, 3.05) is 20.1 Å².